The maximum atomic E-state index is 12.7. The number of carbonyl (C=O) groups excluding carboxylic acids is 1. The molecule has 6 heteroatoms. The number of halogens is 3. The Bertz CT molecular complexity index is 644. The van der Waals surface area contributed by atoms with Crippen LogP contribution in [0, 0.1) is 11.3 Å². The van der Waals surface area contributed by atoms with E-state index in [-0.39, 0.29) is 17.9 Å². The van der Waals surface area contributed by atoms with Crippen molar-refractivity contribution in [2.75, 3.05) is 13.7 Å². The first kappa shape index (κ1) is 18.0. The fraction of sp³-hybridized carbons (Fsp3) is 0.526. The van der Waals surface area contributed by atoms with Crippen LogP contribution >= 0.6 is 0 Å². The van der Waals surface area contributed by atoms with Gasteiger partial charge in [0.15, 0.2) is 0 Å². The first-order chi connectivity index (χ1) is 11.9. The number of rotatable bonds is 3. The quantitative estimate of drug-likeness (QED) is 0.652. The number of methoxy groups -OCH3 is 1. The molecule has 1 aromatic rings. The SMILES string of the molecule is COC(=O)C1(C2CCNC(c3ccc(C(F)(F)F)cc3)C2)CC=CC1. The summed E-state index contributed by atoms with van der Waals surface area (Å²) in [7, 11) is 1.41. The summed E-state index contributed by atoms with van der Waals surface area (Å²) in [6, 6.07) is 5.24. The summed E-state index contributed by atoms with van der Waals surface area (Å²) in [5.41, 5.74) is -0.348. The summed E-state index contributed by atoms with van der Waals surface area (Å²) in [5.74, 6) is -0.0425. The highest BCUT2D eigenvalue weighted by Crippen LogP contribution is 2.48. The van der Waals surface area contributed by atoms with Gasteiger partial charge < -0.3 is 10.1 Å². The van der Waals surface area contributed by atoms with Crippen LogP contribution in [0.15, 0.2) is 36.4 Å². The van der Waals surface area contributed by atoms with E-state index in [1.165, 1.54) is 19.2 Å². The van der Waals surface area contributed by atoms with Crippen molar-refractivity contribution in [3.05, 3.63) is 47.5 Å². The molecule has 2 aliphatic rings. The molecular weight excluding hydrogens is 331 g/mol. The van der Waals surface area contributed by atoms with E-state index < -0.39 is 17.2 Å². The highest BCUT2D eigenvalue weighted by molar-refractivity contribution is 5.78. The molecule has 0 spiro atoms. The average Bonchev–Trinajstić information content (AvgIpc) is 3.11. The van der Waals surface area contributed by atoms with Crippen LogP contribution in [0.5, 0.6) is 0 Å². The van der Waals surface area contributed by atoms with Gasteiger partial charge in [0.25, 0.3) is 0 Å². The molecule has 1 aliphatic carbocycles. The minimum atomic E-state index is -4.33. The minimum Gasteiger partial charge on any atom is -0.469 e. The molecular formula is C19H22F3NO2. The fourth-order valence-electron chi connectivity index (χ4n) is 4.12. The molecule has 1 aliphatic heterocycles. The van der Waals surface area contributed by atoms with Gasteiger partial charge >= 0.3 is 12.1 Å². The Morgan fingerprint density at radius 1 is 1.20 bits per heavy atom. The largest absolute Gasteiger partial charge is 0.469 e. The van der Waals surface area contributed by atoms with Gasteiger partial charge in [-0.3, -0.25) is 4.79 Å². The lowest BCUT2D eigenvalue weighted by Gasteiger charge is -2.40. The monoisotopic (exact) mass is 353 g/mol. The van der Waals surface area contributed by atoms with E-state index in [1.807, 2.05) is 12.2 Å². The van der Waals surface area contributed by atoms with Gasteiger partial charge in [0.2, 0.25) is 0 Å². The maximum absolute atomic E-state index is 12.7. The lowest BCUT2D eigenvalue weighted by molar-refractivity contribution is -0.156. The number of ether oxygens (including phenoxy) is 1. The molecule has 0 aromatic heterocycles. The first-order valence-electron chi connectivity index (χ1n) is 8.51. The van der Waals surface area contributed by atoms with E-state index in [1.54, 1.807) is 0 Å². The van der Waals surface area contributed by atoms with Crippen molar-refractivity contribution in [2.24, 2.45) is 11.3 Å². The van der Waals surface area contributed by atoms with Gasteiger partial charge in [0.05, 0.1) is 18.1 Å². The predicted molar refractivity (Wildman–Crippen MR) is 87.7 cm³/mol. The van der Waals surface area contributed by atoms with Gasteiger partial charge in [-0.1, -0.05) is 24.3 Å². The Labute approximate surface area is 145 Å². The third-order valence-electron chi connectivity index (χ3n) is 5.55. The number of allylic oxidation sites excluding steroid dienone is 2. The molecule has 0 radical (unpaired) electrons. The second kappa shape index (κ2) is 6.83. The van der Waals surface area contributed by atoms with Gasteiger partial charge in [0, 0.05) is 6.04 Å². The molecule has 2 unspecified atom stereocenters. The summed E-state index contributed by atoms with van der Waals surface area (Å²) in [6.07, 6.45) is 2.62. The maximum Gasteiger partial charge on any atom is 0.416 e. The molecule has 1 heterocycles. The number of carbonyl (C=O) groups is 1. The van der Waals surface area contributed by atoms with Gasteiger partial charge in [-0.15, -0.1) is 0 Å². The fourth-order valence-corrected chi connectivity index (χ4v) is 4.12. The molecule has 3 nitrogen and oxygen atoms in total. The number of piperidine rings is 1. The molecule has 1 fully saturated rings. The van der Waals surface area contributed by atoms with Crippen molar-refractivity contribution in [1.29, 1.82) is 0 Å². The van der Waals surface area contributed by atoms with Gasteiger partial charge in [-0.25, -0.2) is 0 Å². The van der Waals surface area contributed by atoms with Crippen LogP contribution in [0.1, 0.15) is 42.9 Å². The number of benzene rings is 1. The van der Waals surface area contributed by atoms with Gasteiger partial charge in [-0.2, -0.15) is 13.2 Å². The van der Waals surface area contributed by atoms with Crippen molar-refractivity contribution in [1.82, 2.24) is 5.32 Å². The van der Waals surface area contributed by atoms with E-state index >= 15 is 0 Å². The third-order valence-corrected chi connectivity index (χ3v) is 5.55. The van der Waals surface area contributed by atoms with Crippen molar-refractivity contribution in [3.8, 4) is 0 Å². The molecule has 2 atom stereocenters. The third kappa shape index (κ3) is 3.45. The van der Waals surface area contributed by atoms with E-state index in [4.69, 9.17) is 4.74 Å². The number of esters is 1. The highest BCUT2D eigenvalue weighted by atomic mass is 19.4. The predicted octanol–water partition coefficient (Wildman–Crippen LogP) is 4.26. The van der Waals surface area contributed by atoms with Crippen molar-refractivity contribution in [2.45, 2.75) is 37.9 Å². The van der Waals surface area contributed by atoms with E-state index in [9.17, 15) is 18.0 Å². The van der Waals surface area contributed by atoms with Gasteiger partial charge in [-0.05, 0) is 55.8 Å². The van der Waals surface area contributed by atoms with Crippen molar-refractivity contribution >= 4 is 5.97 Å². The Hall–Kier alpha value is -1.82. The number of nitrogens with one attached hydrogen (secondary N) is 1. The van der Waals surface area contributed by atoms with Gasteiger partial charge in [0.1, 0.15) is 0 Å². The van der Waals surface area contributed by atoms with Crippen LogP contribution in [0.4, 0.5) is 13.2 Å². The Kier molecular flexibility index (Phi) is 4.91. The molecule has 136 valence electrons. The number of hydrogen-bond acceptors (Lipinski definition) is 3. The zero-order chi connectivity index (χ0) is 18.1. The molecule has 0 saturated carbocycles. The van der Waals surface area contributed by atoms with Crippen LogP contribution in [0.25, 0.3) is 0 Å². The lowest BCUT2D eigenvalue weighted by Crippen LogP contribution is -2.44. The molecule has 25 heavy (non-hydrogen) atoms. The summed E-state index contributed by atoms with van der Waals surface area (Å²) < 4.78 is 43.3. The van der Waals surface area contributed by atoms with Crippen LogP contribution in [0.3, 0.4) is 0 Å². The second-order valence-corrected chi connectivity index (χ2v) is 6.88. The molecule has 0 bridgehead atoms. The Morgan fingerprint density at radius 2 is 1.84 bits per heavy atom. The summed E-state index contributed by atoms with van der Waals surface area (Å²) in [5, 5.41) is 3.37. The normalized spacial score (nSPS) is 25.8. The smallest absolute Gasteiger partial charge is 0.416 e. The first-order valence-corrected chi connectivity index (χ1v) is 8.51. The topological polar surface area (TPSA) is 38.3 Å². The van der Waals surface area contributed by atoms with E-state index in [2.05, 4.69) is 5.32 Å². The molecule has 3 rings (SSSR count). The minimum absolute atomic E-state index is 0.0526. The molecule has 1 aromatic carbocycles. The highest BCUT2D eigenvalue weighted by Gasteiger charge is 2.48. The van der Waals surface area contributed by atoms with Crippen LogP contribution < -0.4 is 5.32 Å². The van der Waals surface area contributed by atoms with Crippen molar-refractivity contribution < 1.29 is 22.7 Å². The van der Waals surface area contributed by atoms with E-state index in [0.717, 1.165) is 30.7 Å². The molecule has 1 saturated heterocycles. The number of hydrogen-bond donors (Lipinski definition) is 1. The zero-order valence-electron chi connectivity index (χ0n) is 14.1. The van der Waals surface area contributed by atoms with Crippen LogP contribution in [-0.2, 0) is 15.7 Å². The molecule has 1 N–H and O–H groups in total. The van der Waals surface area contributed by atoms with Crippen molar-refractivity contribution in [3.63, 3.8) is 0 Å². The number of alkyl halides is 3. The lowest BCUT2D eigenvalue weighted by atomic mass is 9.67. The van der Waals surface area contributed by atoms with Crippen LogP contribution in [0.2, 0.25) is 0 Å². The summed E-state index contributed by atoms with van der Waals surface area (Å²) in [4.78, 5) is 12.4. The van der Waals surface area contributed by atoms with E-state index in [0.29, 0.717) is 19.3 Å². The molecule has 0 amide bonds. The van der Waals surface area contributed by atoms with Crippen LogP contribution in [-0.4, -0.2) is 19.6 Å². The summed E-state index contributed by atoms with van der Waals surface area (Å²) in [6.45, 7) is 0.731. The Balaban J connectivity index is 1.78. The Morgan fingerprint density at radius 3 is 2.40 bits per heavy atom. The second-order valence-electron chi connectivity index (χ2n) is 6.88. The zero-order valence-corrected chi connectivity index (χ0v) is 14.1. The average molecular weight is 353 g/mol. The standard InChI is InChI=1S/C19H22F3NO2/c1-25-17(24)18(9-2-3-10-18)15-8-11-23-16(12-15)13-4-6-14(7-5-13)19(20,21)22/h2-7,15-16,23H,8-12H2,1H3. The summed E-state index contributed by atoms with van der Waals surface area (Å²) >= 11 is 0.